The molecule has 0 aliphatic heterocycles. The molecule has 0 saturated heterocycles. The summed E-state index contributed by atoms with van der Waals surface area (Å²) in [5, 5.41) is 0. The molecule has 0 radical (unpaired) electrons. The summed E-state index contributed by atoms with van der Waals surface area (Å²) in [5.41, 5.74) is 7.00. The van der Waals surface area contributed by atoms with Gasteiger partial charge < -0.3 is 5.73 Å². The number of hydrogen-bond donors (Lipinski definition) is 1. The molecule has 3 atom stereocenters. The van der Waals surface area contributed by atoms with Gasteiger partial charge in [0, 0.05) is 18.3 Å². The summed E-state index contributed by atoms with van der Waals surface area (Å²) < 4.78 is 2.00. The molecule has 0 aromatic carbocycles. The van der Waals surface area contributed by atoms with E-state index in [-0.39, 0.29) is 0 Å². The van der Waals surface area contributed by atoms with Crippen LogP contribution >= 0.6 is 0 Å². The molecule has 2 heterocycles. The average molecular weight is 270 g/mol. The Labute approximate surface area is 120 Å². The minimum Gasteiger partial charge on any atom is -0.330 e. The number of aromatic nitrogens is 3. The van der Waals surface area contributed by atoms with Gasteiger partial charge in [-0.25, -0.2) is 9.97 Å². The second-order valence-corrected chi connectivity index (χ2v) is 5.74. The van der Waals surface area contributed by atoms with Crippen LogP contribution in [-0.4, -0.2) is 21.1 Å². The molecule has 0 spiro atoms. The molecular weight excluding hydrogens is 248 g/mol. The van der Waals surface area contributed by atoms with Crippen molar-refractivity contribution in [3.63, 3.8) is 0 Å². The fourth-order valence-electron chi connectivity index (χ4n) is 2.89. The van der Waals surface area contributed by atoms with Crippen molar-refractivity contribution in [3.8, 4) is 5.82 Å². The van der Waals surface area contributed by atoms with Gasteiger partial charge >= 0.3 is 0 Å². The summed E-state index contributed by atoms with van der Waals surface area (Å²) in [6.07, 6.45) is 9.48. The smallest absolute Gasteiger partial charge is 0.137 e. The van der Waals surface area contributed by atoms with Gasteiger partial charge in [-0.1, -0.05) is 19.4 Å². The van der Waals surface area contributed by atoms with Crippen molar-refractivity contribution in [2.45, 2.75) is 32.1 Å². The molecule has 2 N–H and O–H groups in total. The van der Waals surface area contributed by atoms with E-state index in [4.69, 9.17) is 5.73 Å². The van der Waals surface area contributed by atoms with Crippen LogP contribution in [0.3, 0.4) is 0 Å². The molecule has 0 bridgehead atoms. The summed E-state index contributed by atoms with van der Waals surface area (Å²) >= 11 is 0. The van der Waals surface area contributed by atoms with E-state index in [0.717, 1.165) is 18.3 Å². The Morgan fingerprint density at radius 3 is 3.00 bits per heavy atom. The third-order valence-electron chi connectivity index (χ3n) is 4.37. The highest BCUT2D eigenvalue weighted by atomic mass is 15.1. The van der Waals surface area contributed by atoms with Crippen LogP contribution in [0.4, 0.5) is 0 Å². The van der Waals surface area contributed by atoms with Gasteiger partial charge in [0.05, 0.1) is 5.69 Å². The average Bonchev–Trinajstić information content (AvgIpc) is 3.09. The van der Waals surface area contributed by atoms with E-state index in [0.29, 0.717) is 11.8 Å². The molecule has 0 unspecified atom stereocenters. The van der Waals surface area contributed by atoms with Gasteiger partial charge in [-0.05, 0) is 43.4 Å². The highest BCUT2D eigenvalue weighted by Gasteiger charge is 2.40. The number of hydrogen-bond acceptors (Lipinski definition) is 3. The molecule has 1 aliphatic rings. The highest BCUT2D eigenvalue weighted by Crippen LogP contribution is 2.50. The Morgan fingerprint density at radius 1 is 1.40 bits per heavy atom. The Bertz CT molecular complexity index is 545. The van der Waals surface area contributed by atoms with E-state index in [1.165, 1.54) is 25.0 Å². The zero-order valence-electron chi connectivity index (χ0n) is 11.9. The number of nitrogens with two attached hydrogens (primary N) is 1. The van der Waals surface area contributed by atoms with Crippen molar-refractivity contribution in [2.24, 2.45) is 17.6 Å². The summed E-state index contributed by atoms with van der Waals surface area (Å²) in [4.78, 5) is 8.90. The molecule has 106 valence electrons. The summed E-state index contributed by atoms with van der Waals surface area (Å²) in [5.74, 6) is 3.00. The lowest BCUT2D eigenvalue weighted by molar-refractivity contribution is 0.447. The van der Waals surface area contributed by atoms with Gasteiger partial charge in [-0.2, -0.15) is 0 Å². The number of imidazole rings is 1. The minimum absolute atomic E-state index is 0.626. The molecule has 3 rings (SSSR count). The maximum Gasteiger partial charge on any atom is 0.137 e. The van der Waals surface area contributed by atoms with Crippen LogP contribution in [0.5, 0.6) is 0 Å². The predicted octanol–water partition coefficient (Wildman–Crippen LogP) is 2.75. The molecular formula is C16H22N4. The second kappa shape index (κ2) is 5.75. The Morgan fingerprint density at radius 2 is 2.30 bits per heavy atom. The first-order chi connectivity index (χ1) is 9.81. The molecule has 1 saturated carbocycles. The van der Waals surface area contributed by atoms with E-state index in [9.17, 15) is 0 Å². The number of pyridine rings is 1. The maximum atomic E-state index is 5.80. The third kappa shape index (κ3) is 2.75. The van der Waals surface area contributed by atoms with Gasteiger partial charge in [0.15, 0.2) is 0 Å². The fraction of sp³-hybridized carbons (Fsp3) is 0.500. The standard InChI is InChI=1S/C16H22N4/c1-2-12(9-17)7-13-8-14(13)15-10-20(11-19-15)16-5-3-4-6-18-16/h3-6,10-14H,2,7-9,17H2,1H3/t12-,13+,14-/m1/s1. The van der Waals surface area contributed by atoms with Gasteiger partial charge in [-0.15, -0.1) is 0 Å². The predicted molar refractivity (Wildman–Crippen MR) is 79.7 cm³/mol. The minimum atomic E-state index is 0.626. The molecule has 1 aliphatic carbocycles. The summed E-state index contributed by atoms with van der Waals surface area (Å²) in [7, 11) is 0. The Hall–Kier alpha value is -1.68. The topological polar surface area (TPSA) is 56.7 Å². The van der Waals surface area contributed by atoms with E-state index in [1.807, 2.05) is 35.3 Å². The van der Waals surface area contributed by atoms with E-state index >= 15 is 0 Å². The first kappa shape index (κ1) is 13.3. The van der Waals surface area contributed by atoms with Gasteiger partial charge in [0.1, 0.15) is 12.1 Å². The lowest BCUT2D eigenvalue weighted by Crippen LogP contribution is -2.14. The molecule has 2 aromatic heterocycles. The van der Waals surface area contributed by atoms with Crippen molar-refractivity contribution >= 4 is 0 Å². The molecule has 2 aromatic rings. The van der Waals surface area contributed by atoms with Crippen LogP contribution in [0, 0.1) is 11.8 Å². The maximum absolute atomic E-state index is 5.80. The van der Waals surface area contributed by atoms with Gasteiger partial charge in [-0.3, -0.25) is 4.57 Å². The Kier molecular flexibility index (Phi) is 3.83. The van der Waals surface area contributed by atoms with Crippen LogP contribution in [0.25, 0.3) is 5.82 Å². The third-order valence-corrected chi connectivity index (χ3v) is 4.37. The molecule has 1 fully saturated rings. The summed E-state index contributed by atoms with van der Waals surface area (Å²) in [6.45, 7) is 3.03. The molecule has 4 nitrogen and oxygen atoms in total. The van der Waals surface area contributed by atoms with Crippen LogP contribution < -0.4 is 5.73 Å². The van der Waals surface area contributed by atoms with Crippen molar-refractivity contribution in [3.05, 3.63) is 42.6 Å². The van der Waals surface area contributed by atoms with Crippen LogP contribution in [0.15, 0.2) is 36.9 Å². The quantitative estimate of drug-likeness (QED) is 0.878. The first-order valence-electron chi connectivity index (χ1n) is 7.47. The van der Waals surface area contributed by atoms with Gasteiger partial charge in [0.25, 0.3) is 0 Å². The molecule has 20 heavy (non-hydrogen) atoms. The monoisotopic (exact) mass is 270 g/mol. The van der Waals surface area contributed by atoms with Crippen LogP contribution in [0.1, 0.15) is 37.8 Å². The van der Waals surface area contributed by atoms with Crippen molar-refractivity contribution in [1.82, 2.24) is 14.5 Å². The zero-order chi connectivity index (χ0) is 13.9. The van der Waals surface area contributed by atoms with Gasteiger partial charge in [0.2, 0.25) is 0 Å². The van der Waals surface area contributed by atoms with Crippen molar-refractivity contribution in [2.75, 3.05) is 6.54 Å². The van der Waals surface area contributed by atoms with E-state index in [1.54, 1.807) is 0 Å². The van der Waals surface area contributed by atoms with Crippen LogP contribution in [0.2, 0.25) is 0 Å². The largest absolute Gasteiger partial charge is 0.330 e. The molecule has 4 heteroatoms. The lowest BCUT2D eigenvalue weighted by Gasteiger charge is -2.10. The lowest BCUT2D eigenvalue weighted by atomic mass is 9.98. The number of nitrogens with zero attached hydrogens (tertiary/aromatic N) is 3. The first-order valence-corrected chi connectivity index (χ1v) is 7.47. The van der Waals surface area contributed by atoms with Crippen molar-refractivity contribution < 1.29 is 0 Å². The van der Waals surface area contributed by atoms with Crippen LogP contribution in [-0.2, 0) is 0 Å². The second-order valence-electron chi connectivity index (χ2n) is 5.74. The van der Waals surface area contributed by atoms with Crippen molar-refractivity contribution in [1.29, 1.82) is 0 Å². The Balaban J connectivity index is 1.65. The normalized spacial score (nSPS) is 22.7. The summed E-state index contributed by atoms with van der Waals surface area (Å²) in [6, 6.07) is 5.92. The van der Waals surface area contributed by atoms with E-state index in [2.05, 4.69) is 23.1 Å². The highest BCUT2D eigenvalue weighted by molar-refractivity contribution is 5.25. The number of rotatable bonds is 6. The van der Waals surface area contributed by atoms with E-state index < -0.39 is 0 Å². The SMILES string of the molecule is CC[C@@H](CN)C[C@H]1C[C@H]1c1cn(-c2ccccn2)cn1. The molecule has 0 amide bonds. The fourth-order valence-corrected chi connectivity index (χ4v) is 2.89. The zero-order valence-corrected chi connectivity index (χ0v) is 11.9.